The van der Waals surface area contributed by atoms with E-state index in [1.165, 1.54) is 0 Å². The number of carbonyl (C=O) groups excluding carboxylic acids is 2. The number of hydrogen-bond donors (Lipinski definition) is 3. The second kappa shape index (κ2) is 7.92. The molecule has 3 N–H and O–H groups in total. The molecule has 0 aliphatic carbocycles. The lowest BCUT2D eigenvalue weighted by Crippen LogP contribution is -2.54. The molecule has 3 aliphatic rings. The van der Waals surface area contributed by atoms with Gasteiger partial charge in [0.15, 0.2) is 6.10 Å². The Morgan fingerprint density at radius 3 is 2.93 bits per heavy atom. The van der Waals surface area contributed by atoms with E-state index in [0.717, 1.165) is 12.1 Å². The topological polar surface area (TPSA) is 111 Å². The highest BCUT2D eigenvalue weighted by atomic mass is 16.6. The van der Waals surface area contributed by atoms with Crippen LogP contribution in [0.15, 0.2) is 18.3 Å². The van der Waals surface area contributed by atoms with Crippen LogP contribution in [0.2, 0.25) is 0 Å². The summed E-state index contributed by atoms with van der Waals surface area (Å²) in [6, 6.07) is 2.97. The van der Waals surface area contributed by atoms with E-state index in [1.54, 1.807) is 6.20 Å². The van der Waals surface area contributed by atoms with Crippen molar-refractivity contribution in [2.45, 2.75) is 63.1 Å². The van der Waals surface area contributed by atoms with Gasteiger partial charge in [-0.15, -0.1) is 0 Å². The first-order chi connectivity index (χ1) is 13.5. The molecule has 4 heterocycles. The molecule has 0 saturated carbocycles. The largest absolute Gasteiger partial charge is 0.483 e. The van der Waals surface area contributed by atoms with Gasteiger partial charge in [-0.3, -0.25) is 9.78 Å². The fraction of sp³-hybridized carbons (Fsp3) is 0.632. The first-order valence-electron chi connectivity index (χ1n) is 9.69. The molecule has 6 atom stereocenters. The van der Waals surface area contributed by atoms with Crippen molar-refractivity contribution in [3.63, 3.8) is 0 Å². The number of ether oxygens (including phenoxy) is 3. The van der Waals surface area contributed by atoms with Crippen molar-refractivity contribution in [2.75, 3.05) is 13.2 Å². The second-order valence-corrected chi connectivity index (χ2v) is 7.56. The third-order valence-electron chi connectivity index (χ3n) is 5.55. The van der Waals surface area contributed by atoms with Crippen molar-refractivity contribution < 1.29 is 23.8 Å². The molecule has 28 heavy (non-hydrogen) atoms. The number of amides is 3. The Kier molecular flexibility index (Phi) is 5.36. The fourth-order valence-electron chi connectivity index (χ4n) is 3.98. The average Bonchev–Trinajstić information content (AvgIpc) is 3.36. The molecule has 9 heteroatoms. The zero-order chi connectivity index (χ0) is 19.7. The summed E-state index contributed by atoms with van der Waals surface area (Å²) in [5.41, 5.74) is 0.811. The first kappa shape index (κ1) is 18.9. The van der Waals surface area contributed by atoms with Gasteiger partial charge in [-0.1, -0.05) is 0 Å². The Bertz CT molecular complexity index is 745. The third kappa shape index (κ3) is 3.90. The number of aryl methyl sites for hydroxylation is 1. The van der Waals surface area contributed by atoms with Crippen molar-refractivity contribution >= 4 is 11.9 Å². The molecule has 0 aromatic carbocycles. The minimum Gasteiger partial charge on any atom is -0.483 e. The Morgan fingerprint density at radius 2 is 2.18 bits per heavy atom. The molecule has 9 nitrogen and oxygen atoms in total. The number of urea groups is 1. The van der Waals surface area contributed by atoms with Crippen LogP contribution in [0.3, 0.4) is 0 Å². The number of hydrogen-bond acceptors (Lipinski definition) is 6. The van der Waals surface area contributed by atoms with Gasteiger partial charge < -0.3 is 30.2 Å². The van der Waals surface area contributed by atoms with Gasteiger partial charge in [0.25, 0.3) is 0 Å². The molecule has 2 unspecified atom stereocenters. The number of pyridine rings is 1. The number of aromatic nitrogens is 1. The molecule has 152 valence electrons. The standard InChI is InChI=1S/C19H26N4O5/c1-10(12-5-6-16(24)22-12)21-19(25)23-13-8-26-18-15(9-27-17(13)18)28-14-4-3-7-20-11(14)2/h3-4,7,10,12-13,15,17-18H,5-6,8-9H2,1-2H3,(H,22,24)(H2,21,23,25)/t10?,12?,13-,15-,17+,18+/m0/s1. The summed E-state index contributed by atoms with van der Waals surface area (Å²) in [6.45, 7) is 4.54. The summed E-state index contributed by atoms with van der Waals surface area (Å²) in [5.74, 6) is 0.738. The number of nitrogens with one attached hydrogen (secondary N) is 3. The Balaban J connectivity index is 1.29. The maximum atomic E-state index is 12.4. The smallest absolute Gasteiger partial charge is 0.315 e. The average molecular weight is 390 g/mol. The molecule has 3 saturated heterocycles. The van der Waals surface area contributed by atoms with Gasteiger partial charge in [0, 0.05) is 24.7 Å². The van der Waals surface area contributed by atoms with Gasteiger partial charge in [0.05, 0.1) is 24.9 Å². The molecule has 1 aromatic heterocycles. The maximum Gasteiger partial charge on any atom is 0.315 e. The predicted molar refractivity (Wildman–Crippen MR) is 99.0 cm³/mol. The van der Waals surface area contributed by atoms with Gasteiger partial charge in [-0.05, 0) is 32.4 Å². The predicted octanol–water partition coefficient (Wildman–Crippen LogP) is 0.270. The zero-order valence-corrected chi connectivity index (χ0v) is 16.0. The third-order valence-corrected chi connectivity index (χ3v) is 5.55. The molecule has 0 spiro atoms. The van der Waals surface area contributed by atoms with E-state index in [-0.39, 0.29) is 48.4 Å². The van der Waals surface area contributed by atoms with Crippen molar-refractivity contribution in [3.05, 3.63) is 24.0 Å². The van der Waals surface area contributed by atoms with Gasteiger partial charge in [0.1, 0.15) is 18.0 Å². The van der Waals surface area contributed by atoms with Gasteiger partial charge in [0.2, 0.25) is 5.91 Å². The lowest BCUT2D eigenvalue weighted by molar-refractivity contribution is -0.119. The minimum absolute atomic E-state index is 0.0281. The van der Waals surface area contributed by atoms with Gasteiger partial charge in [-0.25, -0.2) is 4.79 Å². The zero-order valence-electron chi connectivity index (χ0n) is 16.0. The van der Waals surface area contributed by atoms with Crippen LogP contribution in [0.25, 0.3) is 0 Å². The molecule has 1 aromatic rings. The molecular weight excluding hydrogens is 364 g/mol. The maximum absolute atomic E-state index is 12.4. The van der Waals surface area contributed by atoms with Crippen molar-refractivity contribution in [2.24, 2.45) is 0 Å². The number of carbonyl (C=O) groups is 2. The van der Waals surface area contributed by atoms with Crippen LogP contribution in [0.1, 0.15) is 25.5 Å². The molecule has 3 amide bonds. The van der Waals surface area contributed by atoms with E-state index in [1.807, 2.05) is 26.0 Å². The lowest BCUT2D eigenvalue weighted by Gasteiger charge is -2.23. The Labute approximate surface area is 163 Å². The van der Waals surface area contributed by atoms with Crippen LogP contribution in [0.5, 0.6) is 5.75 Å². The van der Waals surface area contributed by atoms with E-state index in [4.69, 9.17) is 14.2 Å². The molecule has 0 radical (unpaired) electrons. The van der Waals surface area contributed by atoms with E-state index in [2.05, 4.69) is 20.9 Å². The molecule has 3 aliphatic heterocycles. The minimum atomic E-state index is -0.293. The van der Waals surface area contributed by atoms with Gasteiger partial charge >= 0.3 is 6.03 Å². The molecule has 3 fully saturated rings. The fourth-order valence-corrected chi connectivity index (χ4v) is 3.98. The Morgan fingerprint density at radius 1 is 1.36 bits per heavy atom. The molecule has 4 rings (SSSR count). The van der Waals surface area contributed by atoms with E-state index in [9.17, 15) is 9.59 Å². The highest BCUT2D eigenvalue weighted by Gasteiger charge is 2.49. The normalized spacial score (nSPS) is 32.5. The SMILES string of the molecule is Cc1ncccc1O[C@H]1CO[C@H]2[C@@H]1OC[C@@H]2NC(=O)NC(C)C1CCC(=O)N1. The van der Waals surface area contributed by atoms with Crippen LogP contribution < -0.4 is 20.7 Å². The first-order valence-corrected chi connectivity index (χ1v) is 9.69. The van der Waals surface area contributed by atoms with Crippen LogP contribution in [-0.2, 0) is 14.3 Å². The van der Waals surface area contributed by atoms with E-state index >= 15 is 0 Å². The highest BCUT2D eigenvalue weighted by molar-refractivity contribution is 5.79. The quantitative estimate of drug-likeness (QED) is 0.666. The Hall–Kier alpha value is -2.39. The molecular formula is C19H26N4O5. The summed E-state index contributed by atoms with van der Waals surface area (Å²) in [6.07, 6.45) is 2.22. The molecule has 0 bridgehead atoms. The summed E-state index contributed by atoms with van der Waals surface area (Å²) >= 11 is 0. The second-order valence-electron chi connectivity index (χ2n) is 7.56. The number of nitrogens with zero attached hydrogens (tertiary/aromatic N) is 1. The van der Waals surface area contributed by atoms with Crippen LogP contribution in [0, 0.1) is 6.92 Å². The number of fused-ring (bicyclic) bond motifs is 1. The number of rotatable bonds is 5. The van der Waals surface area contributed by atoms with Crippen molar-refractivity contribution in [1.82, 2.24) is 20.9 Å². The summed E-state index contributed by atoms with van der Waals surface area (Å²) in [4.78, 5) is 27.9. The van der Waals surface area contributed by atoms with E-state index in [0.29, 0.717) is 25.4 Å². The van der Waals surface area contributed by atoms with Crippen LogP contribution in [0.4, 0.5) is 4.79 Å². The highest BCUT2D eigenvalue weighted by Crippen LogP contribution is 2.30. The van der Waals surface area contributed by atoms with Gasteiger partial charge in [-0.2, -0.15) is 0 Å². The van der Waals surface area contributed by atoms with Crippen LogP contribution >= 0.6 is 0 Å². The van der Waals surface area contributed by atoms with Crippen LogP contribution in [-0.4, -0.2) is 66.6 Å². The van der Waals surface area contributed by atoms with Crippen molar-refractivity contribution in [1.29, 1.82) is 0 Å². The lowest BCUT2D eigenvalue weighted by atomic mass is 10.1. The monoisotopic (exact) mass is 390 g/mol. The van der Waals surface area contributed by atoms with E-state index < -0.39 is 0 Å². The summed E-state index contributed by atoms with van der Waals surface area (Å²) in [5, 5.41) is 8.69. The summed E-state index contributed by atoms with van der Waals surface area (Å²) in [7, 11) is 0. The van der Waals surface area contributed by atoms with Crippen molar-refractivity contribution in [3.8, 4) is 5.75 Å². The summed E-state index contributed by atoms with van der Waals surface area (Å²) < 4.78 is 17.8.